The Labute approximate surface area is 180 Å². The lowest BCUT2D eigenvalue weighted by Crippen LogP contribution is -2.26. The van der Waals surface area contributed by atoms with E-state index in [4.69, 9.17) is 0 Å². The lowest BCUT2D eigenvalue weighted by atomic mass is 10.1. The summed E-state index contributed by atoms with van der Waals surface area (Å²) < 4.78 is 26.7. The molecule has 3 aromatic rings. The molecule has 0 bridgehead atoms. The SMILES string of the molecule is Cc1ccc(S(=O)(=O)N(C)Cc2ccc(C(=O)NN=Cc3sccc3C)cc2)cc1. The van der Waals surface area contributed by atoms with Crippen LogP contribution in [0.25, 0.3) is 0 Å². The number of hydrazone groups is 1. The van der Waals surface area contributed by atoms with Crippen LogP contribution in [0.1, 0.15) is 31.9 Å². The van der Waals surface area contributed by atoms with Crippen LogP contribution in [0.5, 0.6) is 0 Å². The highest BCUT2D eigenvalue weighted by Gasteiger charge is 2.20. The van der Waals surface area contributed by atoms with Crippen LogP contribution in [0, 0.1) is 13.8 Å². The van der Waals surface area contributed by atoms with Crippen molar-refractivity contribution in [3.05, 3.63) is 87.1 Å². The molecule has 8 heteroatoms. The van der Waals surface area contributed by atoms with Crippen molar-refractivity contribution in [3.8, 4) is 0 Å². The van der Waals surface area contributed by atoms with Gasteiger partial charge in [0, 0.05) is 24.0 Å². The number of rotatable bonds is 7. The van der Waals surface area contributed by atoms with E-state index in [0.717, 1.165) is 21.6 Å². The van der Waals surface area contributed by atoms with Crippen molar-refractivity contribution >= 4 is 33.5 Å². The van der Waals surface area contributed by atoms with Crippen molar-refractivity contribution in [1.29, 1.82) is 0 Å². The topological polar surface area (TPSA) is 78.8 Å². The maximum Gasteiger partial charge on any atom is 0.271 e. The van der Waals surface area contributed by atoms with Crippen molar-refractivity contribution in [3.63, 3.8) is 0 Å². The van der Waals surface area contributed by atoms with E-state index in [9.17, 15) is 13.2 Å². The van der Waals surface area contributed by atoms with E-state index in [1.54, 1.807) is 66.1 Å². The highest BCUT2D eigenvalue weighted by atomic mass is 32.2. The normalized spacial score (nSPS) is 11.9. The quantitative estimate of drug-likeness (QED) is 0.445. The third kappa shape index (κ3) is 5.21. The van der Waals surface area contributed by atoms with Crippen LogP contribution in [0.4, 0.5) is 0 Å². The summed E-state index contributed by atoms with van der Waals surface area (Å²) in [7, 11) is -2.04. The van der Waals surface area contributed by atoms with Gasteiger partial charge in [0.1, 0.15) is 0 Å². The maximum absolute atomic E-state index is 12.7. The van der Waals surface area contributed by atoms with Crippen LogP contribution in [0.15, 0.2) is 70.0 Å². The third-order valence-electron chi connectivity index (χ3n) is 4.60. The van der Waals surface area contributed by atoms with Crippen LogP contribution in [-0.2, 0) is 16.6 Å². The fourth-order valence-electron chi connectivity index (χ4n) is 2.72. The van der Waals surface area contributed by atoms with Crippen molar-refractivity contribution in [2.75, 3.05) is 7.05 Å². The Bertz CT molecular complexity index is 1150. The molecule has 0 atom stereocenters. The number of benzene rings is 2. The second-order valence-corrected chi connectivity index (χ2v) is 9.93. The summed E-state index contributed by atoms with van der Waals surface area (Å²) in [6.07, 6.45) is 1.62. The van der Waals surface area contributed by atoms with Gasteiger partial charge in [-0.2, -0.15) is 9.41 Å². The van der Waals surface area contributed by atoms with Gasteiger partial charge in [-0.25, -0.2) is 13.8 Å². The summed E-state index contributed by atoms with van der Waals surface area (Å²) >= 11 is 1.55. The fraction of sp³-hybridized carbons (Fsp3) is 0.182. The van der Waals surface area contributed by atoms with E-state index in [0.29, 0.717) is 5.56 Å². The minimum atomic E-state index is -3.58. The highest BCUT2D eigenvalue weighted by molar-refractivity contribution is 7.89. The van der Waals surface area contributed by atoms with Gasteiger partial charge in [0.2, 0.25) is 10.0 Å². The largest absolute Gasteiger partial charge is 0.271 e. The Morgan fingerprint density at radius 3 is 2.33 bits per heavy atom. The number of amides is 1. The van der Waals surface area contributed by atoms with Gasteiger partial charge >= 0.3 is 0 Å². The number of nitrogens with one attached hydrogen (secondary N) is 1. The van der Waals surface area contributed by atoms with Gasteiger partial charge in [-0.3, -0.25) is 4.79 Å². The molecule has 1 amide bonds. The number of hydrogen-bond donors (Lipinski definition) is 1. The number of aryl methyl sites for hydroxylation is 2. The molecule has 0 spiro atoms. The number of thiophene rings is 1. The second kappa shape index (κ2) is 9.34. The molecule has 0 aliphatic rings. The molecule has 0 aliphatic heterocycles. The number of carbonyl (C=O) groups is 1. The molecule has 30 heavy (non-hydrogen) atoms. The molecule has 6 nitrogen and oxygen atoms in total. The molecule has 0 aliphatic carbocycles. The zero-order valence-corrected chi connectivity index (χ0v) is 18.6. The van der Waals surface area contributed by atoms with Crippen LogP contribution < -0.4 is 5.43 Å². The summed E-state index contributed by atoms with van der Waals surface area (Å²) in [6, 6.07) is 15.5. The maximum atomic E-state index is 12.7. The Hall–Kier alpha value is -2.81. The fourth-order valence-corrected chi connectivity index (χ4v) is 4.67. The first-order valence-electron chi connectivity index (χ1n) is 9.27. The number of sulfonamides is 1. The van der Waals surface area contributed by atoms with E-state index in [2.05, 4.69) is 10.5 Å². The molecular formula is C22H23N3O3S2. The van der Waals surface area contributed by atoms with Gasteiger partial charge in [-0.15, -0.1) is 11.3 Å². The predicted octanol–water partition coefficient (Wildman–Crippen LogP) is 3.95. The Morgan fingerprint density at radius 1 is 1.07 bits per heavy atom. The van der Waals surface area contributed by atoms with Crippen molar-refractivity contribution in [2.45, 2.75) is 25.3 Å². The third-order valence-corrected chi connectivity index (χ3v) is 7.37. The highest BCUT2D eigenvalue weighted by Crippen LogP contribution is 2.18. The first-order chi connectivity index (χ1) is 14.3. The second-order valence-electron chi connectivity index (χ2n) is 6.94. The lowest BCUT2D eigenvalue weighted by molar-refractivity contribution is 0.0955. The van der Waals surface area contributed by atoms with Crippen molar-refractivity contribution < 1.29 is 13.2 Å². The smallest absolute Gasteiger partial charge is 0.267 e. The van der Waals surface area contributed by atoms with Crippen LogP contribution in [0.2, 0.25) is 0 Å². The molecular weight excluding hydrogens is 418 g/mol. The molecule has 1 N–H and O–H groups in total. The molecule has 0 saturated heterocycles. The van der Waals surface area contributed by atoms with E-state index in [1.165, 1.54) is 11.4 Å². The summed E-state index contributed by atoms with van der Waals surface area (Å²) in [5, 5.41) is 5.96. The standard InChI is InChI=1S/C22H23N3O3S2/c1-16-4-10-20(11-5-16)30(27,28)25(3)15-18-6-8-19(9-7-18)22(26)24-23-14-21-17(2)12-13-29-21/h4-14H,15H2,1-3H3,(H,24,26). The monoisotopic (exact) mass is 441 g/mol. The Morgan fingerprint density at radius 2 is 1.73 bits per heavy atom. The molecule has 0 fully saturated rings. The van der Waals surface area contributed by atoms with E-state index < -0.39 is 10.0 Å². The van der Waals surface area contributed by atoms with Gasteiger partial charge in [-0.1, -0.05) is 29.8 Å². The molecule has 0 radical (unpaired) electrons. The molecule has 156 valence electrons. The first kappa shape index (κ1) is 21.9. The zero-order valence-electron chi connectivity index (χ0n) is 17.0. The molecule has 1 aromatic heterocycles. The van der Waals surface area contributed by atoms with Gasteiger partial charge < -0.3 is 0 Å². The number of carbonyl (C=O) groups excluding carboxylic acids is 1. The molecule has 0 saturated carbocycles. The van der Waals surface area contributed by atoms with Crippen molar-refractivity contribution in [1.82, 2.24) is 9.73 Å². The summed E-state index contributed by atoms with van der Waals surface area (Å²) in [5.74, 6) is -0.326. The van der Waals surface area contributed by atoms with Gasteiger partial charge in [0.25, 0.3) is 5.91 Å². The predicted molar refractivity (Wildman–Crippen MR) is 120 cm³/mol. The van der Waals surface area contributed by atoms with Gasteiger partial charge in [0.15, 0.2) is 0 Å². The summed E-state index contributed by atoms with van der Waals surface area (Å²) in [6.45, 7) is 4.09. The Balaban J connectivity index is 1.62. The molecule has 2 aromatic carbocycles. The van der Waals surface area contributed by atoms with E-state index in [-0.39, 0.29) is 17.3 Å². The first-order valence-corrected chi connectivity index (χ1v) is 11.6. The van der Waals surface area contributed by atoms with Crippen LogP contribution in [0.3, 0.4) is 0 Å². The van der Waals surface area contributed by atoms with E-state index in [1.807, 2.05) is 25.3 Å². The molecule has 3 rings (SSSR count). The lowest BCUT2D eigenvalue weighted by Gasteiger charge is -2.17. The van der Waals surface area contributed by atoms with Crippen LogP contribution >= 0.6 is 11.3 Å². The molecule has 1 heterocycles. The van der Waals surface area contributed by atoms with Gasteiger partial charge in [-0.05, 0) is 60.7 Å². The van der Waals surface area contributed by atoms with E-state index >= 15 is 0 Å². The zero-order chi connectivity index (χ0) is 21.7. The Kier molecular flexibility index (Phi) is 6.81. The van der Waals surface area contributed by atoms with Crippen molar-refractivity contribution in [2.24, 2.45) is 5.10 Å². The number of nitrogens with zero attached hydrogens (tertiary/aromatic N) is 2. The summed E-state index contributed by atoms with van der Waals surface area (Å²) in [5.41, 5.74) is 5.84. The van der Waals surface area contributed by atoms with Gasteiger partial charge in [0.05, 0.1) is 11.1 Å². The minimum absolute atomic E-state index is 0.202. The van der Waals surface area contributed by atoms with Crippen LogP contribution in [-0.4, -0.2) is 31.9 Å². The average molecular weight is 442 g/mol. The molecule has 0 unspecified atom stereocenters. The minimum Gasteiger partial charge on any atom is -0.267 e. The number of hydrogen-bond acceptors (Lipinski definition) is 5. The average Bonchev–Trinajstić information content (AvgIpc) is 3.13. The summed E-state index contributed by atoms with van der Waals surface area (Å²) in [4.78, 5) is 13.5.